The van der Waals surface area contributed by atoms with E-state index in [9.17, 15) is 19.5 Å². The summed E-state index contributed by atoms with van der Waals surface area (Å²) in [5.41, 5.74) is -0.231. The SMILES string of the molecule is CC(C)=CC(=O)O[C@H]1[C@H]2[C@H](C[C@@H](C)[C@H]3[C@H](O)CC(=O)[C@@]31C)OC(=O)[C@H]2C. The van der Waals surface area contributed by atoms with E-state index >= 15 is 0 Å². The number of carbonyl (C=O) groups excluding carboxylic acids is 3. The first-order chi connectivity index (χ1) is 12.1. The number of hydrogen-bond acceptors (Lipinski definition) is 6. The maximum atomic E-state index is 12.9. The summed E-state index contributed by atoms with van der Waals surface area (Å²) in [7, 11) is 0. The molecule has 3 aliphatic rings. The predicted octanol–water partition coefficient (Wildman–Crippen LogP) is 2.04. The molecule has 6 nitrogen and oxygen atoms in total. The smallest absolute Gasteiger partial charge is 0.330 e. The molecule has 6 heteroatoms. The van der Waals surface area contributed by atoms with Crippen molar-refractivity contribution in [1.29, 1.82) is 0 Å². The molecule has 0 aromatic heterocycles. The van der Waals surface area contributed by atoms with Crippen molar-refractivity contribution in [3.05, 3.63) is 11.6 Å². The molecule has 1 aliphatic heterocycles. The molecule has 1 saturated heterocycles. The second-order valence-electron chi connectivity index (χ2n) is 8.64. The highest BCUT2D eigenvalue weighted by atomic mass is 16.6. The topological polar surface area (TPSA) is 89.9 Å². The van der Waals surface area contributed by atoms with Gasteiger partial charge in [-0.3, -0.25) is 9.59 Å². The van der Waals surface area contributed by atoms with Crippen molar-refractivity contribution in [2.75, 3.05) is 0 Å². The Hall–Kier alpha value is -1.69. The molecule has 0 spiro atoms. The van der Waals surface area contributed by atoms with Crippen LogP contribution in [0.3, 0.4) is 0 Å². The fourth-order valence-corrected chi connectivity index (χ4v) is 5.43. The van der Waals surface area contributed by atoms with Crippen LogP contribution in [0.15, 0.2) is 11.6 Å². The normalized spacial score (nSPS) is 44.6. The number of esters is 2. The summed E-state index contributed by atoms with van der Waals surface area (Å²) in [6.45, 7) is 9.10. The van der Waals surface area contributed by atoms with Crippen molar-refractivity contribution in [2.45, 2.75) is 65.8 Å². The Kier molecular flexibility index (Phi) is 4.76. The van der Waals surface area contributed by atoms with Crippen LogP contribution in [-0.4, -0.2) is 41.1 Å². The van der Waals surface area contributed by atoms with Gasteiger partial charge in [-0.2, -0.15) is 0 Å². The van der Waals surface area contributed by atoms with E-state index in [2.05, 4.69) is 0 Å². The number of fused-ring (bicyclic) bond motifs is 2. The monoisotopic (exact) mass is 364 g/mol. The lowest BCUT2D eigenvalue weighted by atomic mass is 9.66. The quantitative estimate of drug-likeness (QED) is 0.596. The molecule has 2 aliphatic carbocycles. The Bertz CT molecular complexity index is 663. The molecule has 0 bridgehead atoms. The number of ketones is 1. The highest BCUT2D eigenvalue weighted by Crippen LogP contribution is 2.56. The molecular weight excluding hydrogens is 336 g/mol. The van der Waals surface area contributed by atoms with Crippen LogP contribution in [0.2, 0.25) is 0 Å². The van der Waals surface area contributed by atoms with Crippen molar-refractivity contribution in [3.63, 3.8) is 0 Å². The Balaban J connectivity index is 2.08. The lowest BCUT2D eigenvalue weighted by Crippen LogP contribution is -2.50. The Labute approximate surface area is 153 Å². The van der Waals surface area contributed by atoms with Crippen LogP contribution in [0.1, 0.15) is 47.5 Å². The van der Waals surface area contributed by atoms with Gasteiger partial charge in [0.05, 0.1) is 17.4 Å². The largest absolute Gasteiger partial charge is 0.462 e. The van der Waals surface area contributed by atoms with Crippen molar-refractivity contribution in [2.24, 2.45) is 29.1 Å². The Morgan fingerprint density at radius 1 is 1.31 bits per heavy atom. The van der Waals surface area contributed by atoms with Crippen LogP contribution in [0, 0.1) is 29.1 Å². The number of ether oxygens (including phenoxy) is 2. The van der Waals surface area contributed by atoms with E-state index in [1.165, 1.54) is 6.08 Å². The fourth-order valence-electron chi connectivity index (χ4n) is 5.43. The van der Waals surface area contributed by atoms with E-state index in [4.69, 9.17) is 9.47 Å². The van der Waals surface area contributed by atoms with E-state index in [1.807, 2.05) is 6.92 Å². The zero-order chi connectivity index (χ0) is 19.4. The average molecular weight is 364 g/mol. The summed E-state index contributed by atoms with van der Waals surface area (Å²) in [4.78, 5) is 37.6. The van der Waals surface area contributed by atoms with Gasteiger partial charge in [0.2, 0.25) is 0 Å². The summed E-state index contributed by atoms with van der Waals surface area (Å²) >= 11 is 0. The summed E-state index contributed by atoms with van der Waals surface area (Å²) in [6.07, 6.45) is 0.0399. The second-order valence-corrected chi connectivity index (χ2v) is 8.64. The van der Waals surface area contributed by atoms with Crippen LogP contribution in [0.4, 0.5) is 0 Å². The number of hydrogen-bond donors (Lipinski definition) is 1. The minimum atomic E-state index is -1.02. The average Bonchev–Trinajstić information content (AvgIpc) is 2.87. The van der Waals surface area contributed by atoms with Gasteiger partial charge < -0.3 is 14.6 Å². The van der Waals surface area contributed by atoms with Crippen molar-refractivity contribution in [1.82, 2.24) is 0 Å². The van der Waals surface area contributed by atoms with Gasteiger partial charge in [0.1, 0.15) is 18.0 Å². The maximum absolute atomic E-state index is 12.9. The van der Waals surface area contributed by atoms with Gasteiger partial charge in [-0.15, -0.1) is 0 Å². The summed E-state index contributed by atoms with van der Waals surface area (Å²) < 4.78 is 11.4. The molecule has 0 aromatic carbocycles. The highest BCUT2D eigenvalue weighted by Gasteiger charge is 2.66. The van der Waals surface area contributed by atoms with Crippen molar-refractivity contribution < 1.29 is 29.0 Å². The molecule has 1 heterocycles. The molecule has 0 amide bonds. The van der Waals surface area contributed by atoms with Gasteiger partial charge >= 0.3 is 11.9 Å². The van der Waals surface area contributed by atoms with Gasteiger partial charge in [0, 0.05) is 24.3 Å². The van der Waals surface area contributed by atoms with E-state index in [0.717, 1.165) is 5.57 Å². The van der Waals surface area contributed by atoms with Crippen LogP contribution in [-0.2, 0) is 23.9 Å². The molecule has 3 fully saturated rings. The highest BCUT2D eigenvalue weighted by molar-refractivity contribution is 5.90. The third-order valence-corrected chi connectivity index (χ3v) is 6.56. The zero-order valence-corrected chi connectivity index (χ0v) is 16.0. The first-order valence-electron chi connectivity index (χ1n) is 9.34. The Morgan fingerprint density at radius 2 is 1.96 bits per heavy atom. The molecule has 8 atom stereocenters. The van der Waals surface area contributed by atoms with E-state index in [1.54, 1.807) is 27.7 Å². The molecule has 2 saturated carbocycles. The van der Waals surface area contributed by atoms with Gasteiger partial charge in [-0.05, 0) is 33.1 Å². The van der Waals surface area contributed by atoms with E-state index < -0.39 is 35.6 Å². The molecule has 0 radical (unpaired) electrons. The van der Waals surface area contributed by atoms with Gasteiger partial charge in [0.25, 0.3) is 0 Å². The first kappa shape index (κ1) is 19.1. The molecule has 0 aromatic rings. The second kappa shape index (κ2) is 6.48. The van der Waals surface area contributed by atoms with Crippen LogP contribution in [0.5, 0.6) is 0 Å². The van der Waals surface area contributed by atoms with Gasteiger partial charge in [-0.1, -0.05) is 19.4 Å². The number of allylic oxidation sites excluding steroid dienone is 1. The zero-order valence-electron chi connectivity index (χ0n) is 16.0. The van der Waals surface area contributed by atoms with Gasteiger partial charge in [0.15, 0.2) is 0 Å². The van der Waals surface area contributed by atoms with Crippen LogP contribution in [0.25, 0.3) is 0 Å². The predicted molar refractivity (Wildman–Crippen MR) is 92.9 cm³/mol. The molecule has 144 valence electrons. The molecule has 3 rings (SSSR count). The van der Waals surface area contributed by atoms with Gasteiger partial charge in [-0.25, -0.2) is 4.79 Å². The van der Waals surface area contributed by atoms with E-state index in [-0.39, 0.29) is 35.9 Å². The molecule has 26 heavy (non-hydrogen) atoms. The molecule has 1 N–H and O–H groups in total. The maximum Gasteiger partial charge on any atom is 0.330 e. The third-order valence-electron chi connectivity index (χ3n) is 6.56. The number of carbonyl (C=O) groups is 3. The lowest BCUT2D eigenvalue weighted by Gasteiger charge is -2.40. The number of rotatable bonds is 2. The molecular formula is C20H28O6. The number of Topliss-reactive ketones (excluding diaryl/α,β-unsaturated/α-hetero) is 1. The number of aliphatic hydroxyl groups is 1. The summed E-state index contributed by atoms with van der Waals surface area (Å²) in [5, 5.41) is 10.6. The Morgan fingerprint density at radius 3 is 2.58 bits per heavy atom. The summed E-state index contributed by atoms with van der Waals surface area (Å²) in [6, 6.07) is 0. The fraction of sp³-hybridized carbons (Fsp3) is 0.750. The molecule has 0 unspecified atom stereocenters. The number of aliphatic hydroxyl groups excluding tert-OH is 1. The lowest BCUT2D eigenvalue weighted by molar-refractivity contribution is -0.164. The van der Waals surface area contributed by atoms with Crippen LogP contribution >= 0.6 is 0 Å². The van der Waals surface area contributed by atoms with E-state index in [0.29, 0.717) is 6.42 Å². The summed E-state index contributed by atoms with van der Waals surface area (Å²) in [5.74, 6) is -2.15. The minimum Gasteiger partial charge on any atom is -0.462 e. The first-order valence-corrected chi connectivity index (χ1v) is 9.34. The van der Waals surface area contributed by atoms with Crippen molar-refractivity contribution >= 4 is 17.7 Å². The minimum absolute atomic E-state index is 0.0285. The standard InChI is InChI=1S/C20H28O6/c1-9(2)6-15(23)26-18-16-11(4)19(24)25-13(16)7-10(3)17-12(21)8-14(22)20(17,18)5/h6,10-13,16-18,21H,7-8H2,1-5H3/t10-,11+,12-,13+,16-,17+,18+,20+/m1/s1. The van der Waals surface area contributed by atoms with Crippen molar-refractivity contribution in [3.8, 4) is 0 Å². The van der Waals surface area contributed by atoms with Crippen LogP contribution < -0.4 is 0 Å². The third kappa shape index (κ3) is 2.79.